The summed E-state index contributed by atoms with van der Waals surface area (Å²) in [6, 6.07) is 5.78. The van der Waals surface area contributed by atoms with Crippen LogP contribution >= 0.6 is 15.9 Å². The molecule has 1 rings (SSSR count). The van der Waals surface area contributed by atoms with Crippen molar-refractivity contribution < 1.29 is 14.6 Å². The molecule has 2 N–H and O–H groups in total. The maximum atomic E-state index is 9.80. The second-order valence-corrected chi connectivity index (χ2v) is 6.08. The lowest BCUT2D eigenvalue weighted by Gasteiger charge is -2.16. The lowest BCUT2D eigenvalue weighted by atomic mass is 10.2. The summed E-state index contributed by atoms with van der Waals surface area (Å²) in [5.74, 6) is 0.790. The summed E-state index contributed by atoms with van der Waals surface area (Å²) in [7, 11) is 0. The Labute approximate surface area is 129 Å². The van der Waals surface area contributed by atoms with E-state index >= 15 is 0 Å². The monoisotopic (exact) mass is 345 g/mol. The van der Waals surface area contributed by atoms with E-state index in [4.69, 9.17) is 9.47 Å². The summed E-state index contributed by atoms with van der Waals surface area (Å²) in [6.45, 7) is 8.64. The summed E-state index contributed by atoms with van der Waals surface area (Å²) >= 11 is 3.46. The zero-order valence-corrected chi connectivity index (χ0v) is 14.1. The predicted octanol–water partition coefficient (Wildman–Crippen LogP) is 3.43. The third-order valence-corrected chi connectivity index (χ3v) is 3.11. The van der Waals surface area contributed by atoms with E-state index in [1.165, 1.54) is 0 Å². The third kappa shape index (κ3) is 6.59. The van der Waals surface area contributed by atoms with Gasteiger partial charge in [0.2, 0.25) is 0 Å². The van der Waals surface area contributed by atoms with Gasteiger partial charge in [0.1, 0.15) is 5.75 Å². The predicted molar refractivity (Wildman–Crippen MR) is 85.5 cm³/mol. The number of benzene rings is 1. The fourth-order valence-corrected chi connectivity index (χ4v) is 1.90. The third-order valence-electron chi connectivity index (χ3n) is 2.46. The molecule has 0 aliphatic rings. The van der Waals surface area contributed by atoms with E-state index in [1.807, 2.05) is 45.9 Å². The maximum absolute atomic E-state index is 9.80. The van der Waals surface area contributed by atoms with Gasteiger partial charge < -0.3 is 19.9 Å². The minimum absolute atomic E-state index is 0.117. The number of nitrogens with one attached hydrogen (secondary N) is 1. The van der Waals surface area contributed by atoms with Gasteiger partial charge in [-0.3, -0.25) is 0 Å². The molecule has 0 aliphatic carbocycles. The van der Waals surface area contributed by atoms with Gasteiger partial charge in [-0.1, -0.05) is 0 Å². The molecule has 0 saturated carbocycles. The Kier molecular flexibility index (Phi) is 7.34. The largest absolute Gasteiger partial charge is 0.490 e. The quantitative estimate of drug-likeness (QED) is 0.757. The van der Waals surface area contributed by atoms with Gasteiger partial charge in [0.25, 0.3) is 0 Å². The second kappa shape index (κ2) is 8.49. The molecule has 4 nitrogen and oxygen atoms in total. The smallest absolute Gasteiger partial charge is 0.135 e. The van der Waals surface area contributed by atoms with Crippen LogP contribution in [-0.4, -0.2) is 36.6 Å². The number of aliphatic hydroxyl groups is 1. The summed E-state index contributed by atoms with van der Waals surface area (Å²) in [5, 5.41) is 13.0. The first-order valence-corrected chi connectivity index (χ1v) is 7.67. The number of anilines is 1. The van der Waals surface area contributed by atoms with Crippen LogP contribution in [0.3, 0.4) is 0 Å². The second-order valence-electron chi connectivity index (χ2n) is 5.23. The molecule has 0 aromatic heterocycles. The number of halogens is 1. The standard InChI is InChI=1S/C15H24BrNO3/c1-10(2)19-9-13(18)8-17-12-5-6-14(16)15(7-12)20-11(3)4/h5-7,10-11,13,17-18H,8-9H2,1-4H3/t13-/m1/s1. The van der Waals surface area contributed by atoms with E-state index in [9.17, 15) is 5.11 Å². The molecular formula is C15H24BrNO3. The Morgan fingerprint density at radius 2 is 1.90 bits per heavy atom. The summed E-state index contributed by atoms with van der Waals surface area (Å²) < 4.78 is 12.0. The number of hydrogen-bond donors (Lipinski definition) is 2. The van der Waals surface area contributed by atoms with Crippen molar-refractivity contribution in [3.05, 3.63) is 22.7 Å². The van der Waals surface area contributed by atoms with Crippen LogP contribution in [0, 0.1) is 0 Å². The molecule has 1 aromatic rings. The molecular weight excluding hydrogens is 322 g/mol. The van der Waals surface area contributed by atoms with Crippen LogP contribution in [-0.2, 0) is 4.74 Å². The topological polar surface area (TPSA) is 50.7 Å². The van der Waals surface area contributed by atoms with Crippen molar-refractivity contribution in [1.29, 1.82) is 0 Å². The normalized spacial score (nSPS) is 12.8. The number of rotatable bonds is 8. The van der Waals surface area contributed by atoms with Crippen molar-refractivity contribution in [2.45, 2.75) is 46.0 Å². The fraction of sp³-hybridized carbons (Fsp3) is 0.600. The molecule has 0 unspecified atom stereocenters. The molecule has 1 aromatic carbocycles. The van der Waals surface area contributed by atoms with E-state index in [-0.39, 0.29) is 12.2 Å². The Morgan fingerprint density at radius 3 is 2.50 bits per heavy atom. The Morgan fingerprint density at radius 1 is 1.20 bits per heavy atom. The summed E-state index contributed by atoms with van der Waals surface area (Å²) in [4.78, 5) is 0. The number of hydrogen-bond acceptors (Lipinski definition) is 4. The van der Waals surface area contributed by atoms with Crippen LogP contribution < -0.4 is 10.1 Å². The molecule has 0 saturated heterocycles. The van der Waals surface area contributed by atoms with Crippen LogP contribution in [0.4, 0.5) is 5.69 Å². The van der Waals surface area contributed by atoms with Gasteiger partial charge in [0.05, 0.1) is 29.4 Å². The van der Waals surface area contributed by atoms with Crippen LogP contribution in [0.2, 0.25) is 0 Å². The number of ether oxygens (including phenoxy) is 2. The highest BCUT2D eigenvalue weighted by atomic mass is 79.9. The molecule has 0 fully saturated rings. The zero-order valence-electron chi connectivity index (χ0n) is 12.5. The lowest BCUT2D eigenvalue weighted by molar-refractivity contribution is 0.0112. The van der Waals surface area contributed by atoms with Gasteiger partial charge in [-0.15, -0.1) is 0 Å². The van der Waals surface area contributed by atoms with Gasteiger partial charge in [-0.2, -0.15) is 0 Å². The van der Waals surface area contributed by atoms with Crippen molar-refractivity contribution in [1.82, 2.24) is 0 Å². The minimum Gasteiger partial charge on any atom is -0.490 e. The molecule has 1 atom stereocenters. The molecule has 0 radical (unpaired) electrons. The molecule has 0 spiro atoms. The molecule has 0 bridgehead atoms. The maximum Gasteiger partial charge on any atom is 0.135 e. The van der Waals surface area contributed by atoms with E-state index in [0.717, 1.165) is 15.9 Å². The zero-order chi connectivity index (χ0) is 15.1. The van der Waals surface area contributed by atoms with Crippen molar-refractivity contribution in [3.8, 4) is 5.75 Å². The van der Waals surface area contributed by atoms with Gasteiger partial charge in [-0.05, 0) is 55.8 Å². The SMILES string of the molecule is CC(C)OC[C@H](O)CNc1ccc(Br)c(OC(C)C)c1. The highest BCUT2D eigenvalue weighted by Crippen LogP contribution is 2.29. The molecule has 0 heterocycles. The minimum atomic E-state index is -0.532. The average Bonchev–Trinajstić information content (AvgIpc) is 2.36. The molecule has 0 amide bonds. The van der Waals surface area contributed by atoms with E-state index in [2.05, 4.69) is 21.2 Å². The van der Waals surface area contributed by atoms with Crippen molar-refractivity contribution in [2.75, 3.05) is 18.5 Å². The molecule has 0 aliphatic heterocycles. The summed E-state index contributed by atoms with van der Waals surface area (Å²) in [5.41, 5.74) is 0.910. The van der Waals surface area contributed by atoms with Gasteiger partial charge in [0, 0.05) is 18.3 Å². The first-order valence-electron chi connectivity index (χ1n) is 6.88. The average molecular weight is 346 g/mol. The van der Waals surface area contributed by atoms with E-state index < -0.39 is 6.10 Å². The van der Waals surface area contributed by atoms with Crippen molar-refractivity contribution >= 4 is 21.6 Å². The fourth-order valence-electron chi connectivity index (χ4n) is 1.56. The van der Waals surface area contributed by atoms with Crippen LogP contribution in [0.5, 0.6) is 5.75 Å². The Bertz CT molecular complexity index is 410. The van der Waals surface area contributed by atoms with Crippen LogP contribution in [0.25, 0.3) is 0 Å². The number of aliphatic hydroxyl groups excluding tert-OH is 1. The molecule has 114 valence electrons. The van der Waals surface area contributed by atoms with Gasteiger partial charge >= 0.3 is 0 Å². The first kappa shape index (κ1) is 17.3. The van der Waals surface area contributed by atoms with Crippen LogP contribution in [0.1, 0.15) is 27.7 Å². The van der Waals surface area contributed by atoms with E-state index in [0.29, 0.717) is 13.2 Å². The molecule has 5 heteroatoms. The van der Waals surface area contributed by atoms with Crippen molar-refractivity contribution in [2.24, 2.45) is 0 Å². The highest BCUT2D eigenvalue weighted by Gasteiger charge is 2.08. The summed E-state index contributed by atoms with van der Waals surface area (Å²) in [6.07, 6.45) is -0.287. The molecule has 20 heavy (non-hydrogen) atoms. The Balaban J connectivity index is 2.51. The van der Waals surface area contributed by atoms with Crippen LogP contribution in [0.15, 0.2) is 22.7 Å². The van der Waals surface area contributed by atoms with Crippen molar-refractivity contribution in [3.63, 3.8) is 0 Å². The van der Waals surface area contributed by atoms with Gasteiger partial charge in [-0.25, -0.2) is 0 Å². The van der Waals surface area contributed by atoms with Gasteiger partial charge in [0.15, 0.2) is 0 Å². The lowest BCUT2D eigenvalue weighted by Crippen LogP contribution is -2.26. The highest BCUT2D eigenvalue weighted by molar-refractivity contribution is 9.10. The van der Waals surface area contributed by atoms with E-state index in [1.54, 1.807) is 0 Å². The first-order chi connectivity index (χ1) is 9.38. The Hall–Kier alpha value is -0.780.